The van der Waals surface area contributed by atoms with Crippen molar-refractivity contribution in [1.29, 1.82) is 5.26 Å². The molecule has 118 valence electrons. The monoisotopic (exact) mass is 301 g/mol. The molecule has 0 aromatic carbocycles. The van der Waals surface area contributed by atoms with Crippen molar-refractivity contribution in [2.45, 2.75) is 43.6 Å². The second-order valence-electron chi connectivity index (χ2n) is 6.05. The van der Waals surface area contributed by atoms with Crippen LogP contribution in [0.5, 0.6) is 0 Å². The van der Waals surface area contributed by atoms with Gasteiger partial charge in [-0.2, -0.15) is 14.0 Å². The van der Waals surface area contributed by atoms with Gasteiger partial charge in [0.05, 0.1) is 12.6 Å². The lowest BCUT2D eigenvalue weighted by Crippen LogP contribution is -2.61. The molecule has 0 bridgehead atoms. The van der Waals surface area contributed by atoms with E-state index in [9.17, 15) is 18.7 Å². The van der Waals surface area contributed by atoms with E-state index in [1.165, 1.54) is 0 Å². The number of rotatable bonds is 5. The molecule has 7 heteroatoms. The van der Waals surface area contributed by atoms with Gasteiger partial charge in [-0.1, -0.05) is 0 Å². The SMILES string of the molecule is N#CCN1CCC(CNC(=O)C(F)(F)C2(O)CCC2)CC1. The maximum absolute atomic E-state index is 13.9. The van der Waals surface area contributed by atoms with Crippen molar-refractivity contribution in [2.75, 3.05) is 26.2 Å². The first-order valence-corrected chi connectivity index (χ1v) is 7.37. The molecule has 1 saturated heterocycles. The molecule has 2 fully saturated rings. The Labute approximate surface area is 122 Å². The smallest absolute Gasteiger partial charge is 0.352 e. The topological polar surface area (TPSA) is 76.4 Å². The number of likely N-dealkylation sites (tertiary alicyclic amines) is 1. The average molecular weight is 301 g/mol. The zero-order chi connectivity index (χ0) is 15.5. The Bertz CT molecular complexity index is 424. The summed E-state index contributed by atoms with van der Waals surface area (Å²) in [6.07, 6.45) is 2.02. The van der Waals surface area contributed by atoms with E-state index in [4.69, 9.17) is 5.26 Å². The summed E-state index contributed by atoms with van der Waals surface area (Å²) in [5.41, 5.74) is -2.16. The summed E-state index contributed by atoms with van der Waals surface area (Å²) in [5.74, 6) is -4.94. The Morgan fingerprint density at radius 2 is 2.05 bits per heavy atom. The number of nitriles is 1. The maximum Gasteiger partial charge on any atom is 0.352 e. The number of aliphatic hydroxyl groups is 1. The third kappa shape index (κ3) is 3.33. The van der Waals surface area contributed by atoms with Crippen LogP contribution in [-0.2, 0) is 4.79 Å². The van der Waals surface area contributed by atoms with Gasteiger partial charge in [0.1, 0.15) is 5.60 Å². The highest BCUT2D eigenvalue weighted by Crippen LogP contribution is 2.44. The van der Waals surface area contributed by atoms with E-state index in [0.29, 0.717) is 13.0 Å². The highest BCUT2D eigenvalue weighted by atomic mass is 19.3. The minimum absolute atomic E-state index is 0.0278. The predicted molar refractivity (Wildman–Crippen MR) is 71.5 cm³/mol. The van der Waals surface area contributed by atoms with E-state index < -0.39 is 17.4 Å². The number of hydrogen-bond donors (Lipinski definition) is 2. The summed E-state index contributed by atoms with van der Waals surface area (Å²) in [7, 11) is 0. The molecule has 0 spiro atoms. The van der Waals surface area contributed by atoms with Crippen molar-refractivity contribution in [2.24, 2.45) is 5.92 Å². The van der Waals surface area contributed by atoms with Crippen LogP contribution in [-0.4, -0.2) is 53.6 Å². The lowest BCUT2D eigenvalue weighted by molar-refractivity contribution is -0.216. The molecular formula is C14H21F2N3O2. The molecule has 1 saturated carbocycles. The first-order chi connectivity index (χ1) is 9.89. The largest absolute Gasteiger partial charge is 0.383 e. The number of piperidine rings is 1. The summed E-state index contributed by atoms with van der Waals surface area (Å²) in [4.78, 5) is 13.6. The highest BCUT2D eigenvalue weighted by Gasteiger charge is 2.61. The van der Waals surface area contributed by atoms with Gasteiger partial charge in [0.2, 0.25) is 0 Å². The van der Waals surface area contributed by atoms with E-state index in [0.717, 1.165) is 25.9 Å². The van der Waals surface area contributed by atoms with Crippen LogP contribution >= 0.6 is 0 Å². The van der Waals surface area contributed by atoms with Gasteiger partial charge >= 0.3 is 5.92 Å². The van der Waals surface area contributed by atoms with Crippen molar-refractivity contribution in [1.82, 2.24) is 10.2 Å². The Morgan fingerprint density at radius 3 is 2.52 bits per heavy atom. The van der Waals surface area contributed by atoms with E-state index >= 15 is 0 Å². The molecule has 21 heavy (non-hydrogen) atoms. The van der Waals surface area contributed by atoms with Crippen LogP contribution in [0.25, 0.3) is 0 Å². The van der Waals surface area contributed by atoms with Crippen molar-refractivity contribution in [3.05, 3.63) is 0 Å². The van der Waals surface area contributed by atoms with Crippen molar-refractivity contribution < 1.29 is 18.7 Å². The third-order valence-electron chi connectivity index (χ3n) is 4.60. The van der Waals surface area contributed by atoms with Crippen molar-refractivity contribution in [3.8, 4) is 6.07 Å². The minimum atomic E-state index is -3.72. The summed E-state index contributed by atoms with van der Waals surface area (Å²) in [5, 5.41) is 20.6. The van der Waals surface area contributed by atoms with E-state index in [1.807, 2.05) is 4.90 Å². The number of carbonyl (C=O) groups is 1. The highest BCUT2D eigenvalue weighted by molar-refractivity contribution is 5.85. The molecule has 2 aliphatic rings. The molecule has 0 radical (unpaired) electrons. The standard InChI is InChI=1S/C14H21F2N3O2/c15-14(16,13(21)4-1-5-13)12(20)18-10-11-2-7-19(8-3-11)9-6-17/h11,21H,1-5,7-10H2,(H,18,20). The van der Waals surface area contributed by atoms with Crippen LogP contribution in [0.4, 0.5) is 8.78 Å². The van der Waals surface area contributed by atoms with E-state index in [2.05, 4.69) is 11.4 Å². The Morgan fingerprint density at radius 1 is 1.43 bits per heavy atom. The quantitative estimate of drug-likeness (QED) is 0.739. The number of nitrogens with zero attached hydrogens (tertiary/aromatic N) is 2. The number of amides is 1. The number of alkyl halides is 2. The first-order valence-electron chi connectivity index (χ1n) is 7.37. The van der Waals surface area contributed by atoms with Crippen LogP contribution in [0.3, 0.4) is 0 Å². The Kier molecular flexibility index (Phi) is 4.79. The van der Waals surface area contributed by atoms with Gasteiger partial charge in [-0.25, -0.2) is 0 Å². The molecule has 5 nitrogen and oxygen atoms in total. The van der Waals surface area contributed by atoms with Gasteiger partial charge in [0.25, 0.3) is 5.91 Å². The molecule has 1 aliphatic heterocycles. The minimum Gasteiger partial charge on any atom is -0.383 e. The second kappa shape index (κ2) is 6.24. The number of halogens is 2. The van der Waals surface area contributed by atoms with Crippen LogP contribution in [0.15, 0.2) is 0 Å². The van der Waals surface area contributed by atoms with Crippen LogP contribution < -0.4 is 5.32 Å². The maximum atomic E-state index is 13.9. The Balaban J connectivity index is 1.76. The third-order valence-corrected chi connectivity index (χ3v) is 4.60. The molecule has 2 rings (SSSR count). The summed E-state index contributed by atoms with van der Waals surface area (Å²) < 4.78 is 27.7. The normalized spacial score (nSPS) is 23.1. The molecular weight excluding hydrogens is 280 g/mol. The fraction of sp³-hybridized carbons (Fsp3) is 0.857. The van der Waals surface area contributed by atoms with Gasteiger partial charge in [-0.15, -0.1) is 0 Å². The fourth-order valence-electron chi connectivity index (χ4n) is 2.83. The molecule has 1 aliphatic carbocycles. The van der Waals surface area contributed by atoms with Crippen molar-refractivity contribution >= 4 is 5.91 Å². The summed E-state index contributed by atoms with van der Waals surface area (Å²) in [6, 6.07) is 2.08. The lowest BCUT2D eigenvalue weighted by atomic mass is 9.75. The van der Waals surface area contributed by atoms with Gasteiger partial charge in [0, 0.05) is 6.54 Å². The van der Waals surface area contributed by atoms with Gasteiger partial charge in [-0.3, -0.25) is 9.69 Å². The lowest BCUT2D eigenvalue weighted by Gasteiger charge is -2.41. The zero-order valence-corrected chi connectivity index (χ0v) is 11.9. The molecule has 0 unspecified atom stereocenters. The van der Waals surface area contributed by atoms with Gasteiger partial charge in [0.15, 0.2) is 0 Å². The molecule has 2 N–H and O–H groups in total. The van der Waals surface area contributed by atoms with Crippen LogP contribution in [0, 0.1) is 17.2 Å². The van der Waals surface area contributed by atoms with Crippen LogP contribution in [0.1, 0.15) is 32.1 Å². The fourth-order valence-corrected chi connectivity index (χ4v) is 2.83. The van der Waals surface area contributed by atoms with Gasteiger partial charge < -0.3 is 10.4 Å². The second-order valence-corrected chi connectivity index (χ2v) is 6.05. The zero-order valence-electron chi connectivity index (χ0n) is 11.9. The van der Waals surface area contributed by atoms with E-state index in [-0.39, 0.29) is 25.3 Å². The molecule has 0 aromatic rings. The van der Waals surface area contributed by atoms with Gasteiger partial charge in [-0.05, 0) is 51.1 Å². The molecule has 1 amide bonds. The molecule has 0 aromatic heterocycles. The van der Waals surface area contributed by atoms with E-state index in [1.54, 1.807) is 0 Å². The molecule has 1 heterocycles. The summed E-state index contributed by atoms with van der Waals surface area (Å²) >= 11 is 0. The Hall–Kier alpha value is -1.26. The van der Waals surface area contributed by atoms with Crippen molar-refractivity contribution in [3.63, 3.8) is 0 Å². The predicted octanol–water partition coefficient (Wildman–Crippen LogP) is 0.888. The summed E-state index contributed by atoms with van der Waals surface area (Å²) in [6.45, 7) is 2.07. The average Bonchev–Trinajstić information content (AvgIpc) is 2.43. The number of hydrogen-bond acceptors (Lipinski definition) is 4. The number of carbonyl (C=O) groups excluding carboxylic acids is 1. The first kappa shape index (κ1) is 16.1. The van der Waals surface area contributed by atoms with Crippen LogP contribution in [0.2, 0.25) is 0 Å². The molecule has 0 atom stereocenters. The number of nitrogens with one attached hydrogen (secondary N) is 1.